The summed E-state index contributed by atoms with van der Waals surface area (Å²) in [5, 5.41) is 5.20. The number of halogens is 1. The molecule has 2 aromatic rings. The first-order chi connectivity index (χ1) is 9.20. The summed E-state index contributed by atoms with van der Waals surface area (Å²) >= 11 is 7.37. The molecule has 19 heavy (non-hydrogen) atoms. The standard InChI is InChI=1S/C13H14ClN3OS/c1-2-4-9(11-5-3-6-19-11)17-13(18)10-7-15-8-12(14)16-10/h3,5-9H,2,4H2,1H3,(H,17,18). The number of nitrogens with one attached hydrogen (secondary N) is 1. The molecule has 2 aromatic heterocycles. The van der Waals surface area contributed by atoms with Crippen LogP contribution in [0.5, 0.6) is 0 Å². The van der Waals surface area contributed by atoms with Crippen LogP contribution in [0.15, 0.2) is 29.9 Å². The van der Waals surface area contributed by atoms with Gasteiger partial charge in [-0.05, 0) is 17.9 Å². The van der Waals surface area contributed by atoms with Gasteiger partial charge in [0.25, 0.3) is 5.91 Å². The van der Waals surface area contributed by atoms with E-state index >= 15 is 0 Å². The van der Waals surface area contributed by atoms with Gasteiger partial charge in [-0.15, -0.1) is 11.3 Å². The molecular weight excluding hydrogens is 282 g/mol. The lowest BCUT2D eigenvalue weighted by Gasteiger charge is -2.16. The number of nitrogens with zero attached hydrogens (tertiary/aromatic N) is 2. The van der Waals surface area contributed by atoms with Gasteiger partial charge in [0, 0.05) is 4.88 Å². The molecule has 1 N–H and O–H groups in total. The van der Waals surface area contributed by atoms with E-state index in [1.165, 1.54) is 12.4 Å². The summed E-state index contributed by atoms with van der Waals surface area (Å²) in [5.41, 5.74) is 0.241. The molecule has 0 aliphatic heterocycles. The van der Waals surface area contributed by atoms with Gasteiger partial charge < -0.3 is 5.32 Å². The van der Waals surface area contributed by atoms with Crippen molar-refractivity contribution in [3.05, 3.63) is 45.6 Å². The van der Waals surface area contributed by atoms with Crippen molar-refractivity contribution in [2.24, 2.45) is 0 Å². The Labute approximate surface area is 120 Å². The molecule has 0 aliphatic carbocycles. The quantitative estimate of drug-likeness (QED) is 0.919. The first kappa shape index (κ1) is 14.0. The minimum Gasteiger partial charge on any atom is -0.343 e. The topological polar surface area (TPSA) is 54.9 Å². The Balaban J connectivity index is 2.11. The molecule has 1 atom stereocenters. The highest BCUT2D eigenvalue weighted by Crippen LogP contribution is 2.23. The highest BCUT2D eigenvalue weighted by Gasteiger charge is 2.17. The summed E-state index contributed by atoms with van der Waals surface area (Å²) in [7, 11) is 0. The van der Waals surface area contributed by atoms with Crippen molar-refractivity contribution < 1.29 is 4.79 Å². The smallest absolute Gasteiger partial charge is 0.272 e. The number of amides is 1. The second kappa shape index (κ2) is 6.63. The Morgan fingerprint density at radius 2 is 2.37 bits per heavy atom. The summed E-state index contributed by atoms with van der Waals surface area (Å²) in [6.45, 7) is 2.09. The van der Waals surface area contributed by atoms with Crippen LogP contribution in [0.1, 0.15) is 41.2 Å². The Kier molecular flexibility index (Phi) is 4.87. The van der Waals surface area contributed by atoms with Crippen molar-refractivity contribution in [1.29, 1.82) is 0 Å². The number of thiophene rings is 1. The maximum absolute atomic E-state index is 12.1. The average molecular weight is 296 g/mol. The minimum absolute atomic E-state index is 0.0123. The molecule has 2 heterocycles. The molecule has 0 bridgehead atoms. The van der Waals surface area contributed by atoms with Crippen molar-refractivity contribution in [1.82, 2.24) is 15.3 Å². The van der Waals surface area contributed by atoms with E-state index in [0.29, 0.717) is 0 Å². The predicted molar refractivity (Wildman–Crippen MR) is 76.5 cm³/mol. The summed E-state index contributed by atoms with van der Waals surface area (Å²) in [4.78, 5) is 21.1. The monoisotopic (exact) mass is 295 g/mol. The molecule has 2 rings (SSSR count). The second-order valence-corrected chi connectivity index (χ2v) is 5.42. The van der Waals surface area contributed by atoms with Gasteiger partial charge in [0.1, 0.15) is 10.8 Å². The Hall–Kier alpha value is -1.46. The van der Waals surface area contributed by atoms with Crippen molar-refractivity contribution in [3.8, 4) is 0 Å². The molecule has 1 amide bonds. The van der Waals surface area contributed by atoms with Crippen LogP contribution >= 0.6 is 22.9 Å². The van der Waals surface area contributed by atoms with Crippen LogP contribution in [0, 0.1) is 0 Å². The van der Waals surface area contributed by atoms with Crippen LogP contribution < -0.4 is 5.32 Å². The van der Waals surface area contributed by atoms with Crippen LogP contribution in [-0.2, 0) is 0 Å². The lowest BCUT2D eigenvalue weighted by molar-refractivity contribution is 0.0929. The lowest BCUT2D eigenvalue weighted by Crippen LogP contribution is -2.28. The molecule has 0 radical (unpaired) electrons. The molecule has 0 saturated heterocycles. The summed E-state index contributed by atoms with van der Waals surface area (Å²) in [6.07, 6.45) is 4.70. The number of hydrogen-bond acceptors (Lipinski definition) is 4. The fraction of sp³-hybridized carbons (Fsp3) is 0.308. The maximum atomic E-state index is 12.1. The van der Waals surface area contributed by atoms with Gasteiger partial charge >= 0.3 is 0 Å². The molecule has 0 saturated carbocycles. The van der Waals surface area contributed by atoms with Gasteiger partial charge in [-0.1, -0.05) is 31.0 Å². The van der Waals surface area contributed by atoms with E-state index in [4.69, 9.17) is 11.6 Å². The number of carbonyl (C=O) groups is 1. The Bertz CT molecular complexity index is 545. The molecule has 1 unspecified atom stereocenters. The van der Waals surface area contributed by atoms with Crippen molar-refractivity contribution >= 4 is 28.8 Å². The van der Waals surface area contributed by atoms with Crippen LogP contribution in [0.25, 0.3) is 0 Å². The average Bonchev–Trinajstić information content (AvgIpc) is 2.92. The summed E-state index contributed by atoms with van der Waals surface area (Å²) < 4.78 is 0. The van der Waals surface area contributed by atoms with Crippen molar-refractivity contribution in [3.63, 3.8) is 0 Å². The van der Waals surface area contributed by atoms with Gasteiger partial charge in [0.2, 0.25) is 0 Å². The lowest BCUT2D eigenvalue weighted by atomic mass is 10.1. The zero-order valence-electron chi connectivity index (χ0n) is 10.5. The first-order valence-corrected chi connectivity index (χ1v) is 7.28. The number of aromatic nitrogens is 2. The SMILES string of the molecule is CCCC(NC(=O)c1cncc(Cl)n1)c1cccs1. The zero-order valence-corrected chi connectivity index (χ0v) is 12.0. The minimum atomic E-state index is -0.248. The summed E-state index contributed by atoms with van der Waals surface area (Å²) in [5.74, 6) is -0.248. The number of rotatable bonds is 5. The normalized spacial score (nSPS) is 12.1. The van der Waals surface area contributed by atoms with E-state index in [9.17, 15) is 4.79 Å². The predicted octanol–water partition coefficient (Wildman–Crippen LogP) is 3.46. The van der Waals surface area contributed by atoms with Gasteiger partial charge in [-0.2, -0.15) is 0 Å². The van der Waals surface area contributed by atoms with Gasteiger partial charge in [0.15, 0.2) is 0 Å². The van der Waals surface area contributed by atoms with E-state index in [1.807, 2.05) is 17.5 Å². The molecule has 100 valence electrons. The molecule has 0 spiro atoms. The van der Waals surface area contributed by atoms with E-state index in [0.717, 1.165) is 17.7 Å². The van der Waals surface area contributed by atoms with Crippen molar-refractivity contribution in [2.45, 2.75) is 25.8 Å². The number of hydrogen-bond donors (Lipinski definition) is 1. The van der Waals surface area contributed by atoms with Gasteiger partial charge in [0.05, 0.1) is 18.4 Å². The van der Waals surface area contributed by atoms with Crippen LogP contribution in [0.3, 0.4) is 0 Å². The van der Waals surface area contributed by atoms with Crippen LogP contribution in [-0.4, -0.2) is 15.9 Å². The second-order valence-electron chi connectivity index (χ2n) is 4.06. The van der Waals surface area contributed by atoms with Crippen molar-refractivity contribution in [2.75, 3.05) is 0 Å². The summed E-state index contributed by atoms with van der Waals surface area (Å²) in [6, 6.07) is 4.02. The molecule has 0 aromatic carbocycles. The molecule has 0 aliphatic rings. The first-order valence-electron chi connectivity index (χ1n) is 6.02. The van der Waals surface area contributed by atoms with E-state index in [-0.39, 0.29) is 22.8 Å². The highest BCUT2D eigenvalue weighted by atomic mass is 35.5. The highest BCUT2D eigenvalue weighted by molar-refractivity contribution is 7.10. The Morgan fingerprint density at radius 3 is 3.00 bits per heavy atom. The third kappa shape index (κ3) is 3.75. The molecule has 4 nitrogen and oxygen atoms in total. The van der Waals surface area contributed by atoms with E-state index in [2.05, 4.69) is 22.2 Å². The number of carbonyl (C=O) groups excluding carboxylic acids is 1. The zero-order chi connectivity index (χ0) is 13.7. The fourth-order valence-electron chi connectivity index (χ4n) is 1.75. The third-order valence-electron chi connectivity index (χ3n) is 2.61. The maximum Gasteiger partial charge on any atom is 0.272 e. The van der Waals surface area contributed by atoms with Gasteiger partial charge in [-0.25, -0.2) is 4.98 Å². The fourth-order valence-corrected chi connectivity index (χ4v) is 2.71. The third-order valence-corrected chi connectivity index (χ3v) is 3.78. The van der Waals surface area contributed by atoms with Crippen LogP contribution in [0.2, 0.25) is 5.15 Å². The molecular formula is C13H14ClN3OS. The van der Waals surface area contributed by atoms with Crippen LogP contribution in [0.4, 0.5) is 0 Å². The van der Waals surface area contributed by atoms with E-state index < -0.39 is 0 Å². The van der Waals surface area contributed by atoms with E-state index in [1.54, 1.807) is 11.3 Å². The molecule has 6 heteroatoms. The Morgan fingerprint density at radius 1 is 1.53 bits per heavy atom. The molecule has 0 fully saturated rings. The van der Waals surface area contributed by atoms with Gasteiger partial charge in [-0.3, -0.25) is 9.78 Å². The largest absolute Gasteiger partial charge is 0.343 e.